The Morgan fingerprint density at radius 3 is 2.76 bits per heavy atom. The van der Waals surface area contributed by atoms with Crippen LogP contribution in [0.15, 0.2) is 36.8 Å². The number of nitrogens with one attached hydrogen (secondary N) is 1. The van der Waals surface area contributed by atoms with Crippen molar-refractivity contribution in [3.8, 4) is 5.69 Å². The summed E-state index contributed by atoms with van der Waals surface area (Å²) in [5, 5.41) is 3.32. The Labute approximate surface area is 158 Å². The standard InChI is InChI=1S/C17H17IN6O/c18-11-2-5-13(6-3-11)24-9-21-14-8-20-17(23-16(14)24)22-12-4-1-10(7-12)15(19)25/h2-3,5-6,8-10,12H,1,4,7H2,(H2,19,25)(H,20,22,23)/t10-,12-/m1/s1. The van der Waals surface area contributed by atoms with Gasteiger partial charge < -0.3 is 11.1 Å². The summed E-state index contributed by atoms with van der Waals surface area (Å²) in [7, 11) is 0. The second-order valence-electron chi connectivity index (χ2n) is 6.25. The van der Waals surface area contributed by atoms with Gasteiger partial charge in [0, 0.05) is 21.2 Å². The van der Waals surface area contributed by atoms with Gasteiger partial charge in [0.1, 0.15) is 11.8 Å². The van der Waals surface area contributed by atoms with E-state index in [-0.39, 0.29) is 17.9 Å². The summed E-state index contributed by atoms with van der Waals surface area (Å²) >= 11 is 2.28. The minimum Gasteiger partial charge on any atom is -0.369 e. The van der Waals surface area contributed by atoms with Gasteiger partial charge in [-0.1, -0.05) is 0 Å². The monoisotopic (exact) mass is 448 g/mol. The first-order valence-electron chi connectivity index (χ1n) is 8.12. The number of fused-ring (bicyclic) bond motifs is 1. The van der Waals surface area contributed by atoms with Crippen molar-refractivity contribution in [3.05, 3.63) is 40.4 Å². The molecule has 1 aliphatic rings. The molecule has 8 heteroatoms. The van der Waals surface area contributed by atoms with Gasteiger partial charge in [-0.05, 0) is 66.1 Å². The van der Waals surface area contributed by atoms with Gasteiger partial charge in [0.05, 0.1) is 6.20 Å². The molecular formula is C17H17IN6O. The van der Waals surface area contributed by atoms with Crippen molar-refractivity contribution in [2.75, 3.05) is 5.32 Å². The third-order valence-electron chi connectivity index (χ3n) is 4.56. The van der Waals surface area contributed by atoms with Crippen LogP contribution in [0.1, 0.15) is 19.3 Å². The van der Waals surface area contributed by atoms with E-state index < -0.39 is 0 Å². The van der Waals surface area contributed by atoms with Crippen LogP contribution in [0.5, 0.6) is 0 Å². The average molecular weight is 448 g/mol. The van der Waals surface area contributed by atoms with E-state index >= 15 is 0 Å². The molecule has 25 heavy (non-hydrogen) atoms. The minimum absolute atomic E-state index is 0.0569. The van der Waals surface area contributed by atoms with E-state index in [1.807, 2.05) is 28.8 Å². The molecule has 0 aliphatic heterocycles. The van der Waals surface area contributed by atoms with Crippen LogP contribution >= 0.6 is 22.6 Å². The van der Waals surface area contributed by atoms with Gasteiger partial charge in [0.15, 0.2) is 5.65 Å². The van der Waals surface area contributed by atoms with Gasteiger partial charge in [-0.15, -0.1) is 0 Å². The Morgan fingerprint density at radius 2 is 2.04 bits per heavy atom. The Hall–Kier alpha value is -2.23. The molecule has 2 atom stereocenters. The fourth-order valence-electron chi connectivity index (χ4n) is 3.22. The maximum atomic E-state index is 11.3. The predicted molar refractivity (Wildman–Crippen MR) is 103 cm³/mol. The number of imidazole rings is 1. The number of rotatable bonds is 4. The molecule has 0 unspecified atom stereocenters. The molecule has 128 valence electrons. The van der Waals surface area contributed by atoms with Crippen LogP contribution in [0.25, 0.3) is 16.9 Å². The molecule has 0 bridgehead atoms. The summed E-state index contributed by atoms with van der Waals surface area (Å²) in [5.41, 5.74) is 7.89. The smallest absolute Gasteiger partial charge is 0.224 e. The zero-order valence-corrected chi connectivity index (χ0v) is 15.6. The lowest BCUT2D eigenvalue weighted by Gasteiger charge is -2.12. The summed E-state index contributed by atoms with van der Waals surface area (Å²) in [6.07, 6.45) is 5.91. The first-order chi connectivity index (χ1) is 12.1. The highest BCUT2D eigenvalue weighted by molar-refractivity contribution is 14.1. The molecule has 0 radical (unpaired) electrons. The molecule has 1 aliphatic carbocycles. The number of hydrogen-bond donors (Lipinski definition) is 2. The predicted octanol–water partition coefficient (Wildman–Crippen LogP) is 2.49. The SMILES string of the molecule is NC(=O)[C@@H]1CC[C@@H](Nc2ncc3ncn(-c4ccc(I)cc4)c3n2)C1. The fourth-order valence-corrected chi connectivity index (χ4v) is 3.58. The molecule has 2 heterocycles. The lowest BCUT2D eigenvalue weighted by Crippen LogP contribution is -2.23. The van der Waals surface area contributed by atoms with Crippen LogP contribution in [-0.2, 0) is 4.79 Å². The number of primary amides is 1. The lowest BCUT2D eigenvalue weighted by atomic mass is 10.1. The van der Waals surface area contributed by atoms with Crippen LogP contribution in [0.2, 0.25) is 0 Å². The van der Waals surface area contributed by atoms with Crippen molar-refractivity contribution in [2.24, 2.45) is 11.7 Å². The molecule has 1 aromatic carbocycles. The fraction of sp³-hybridized carbons (Fsp3) is 0.294. The summed E-state index contributed by atoms with van der Waals surface area (Å²) in [6.45, 7) is 0. The average Bonchev–Trinajstić information content (AvgIpc) is 3.22. The maximum Gasteiger partial charge on any atom is 0.224 e. The summed E-state index contributed by atoms with van der Waals surface area (Å²) in [6, 6.07) is 8.33. The Balaban J connectivity index is 1.60. The number of benzene rings is 1. The van der Waals surface area contributed by atoms with E-state index in [2.05, 4.69) is 42.9 Å². The summed E-state index contributed by atoms with van der Waals surface area (Å²) in [5.74, 6) is 0.269. The highest BCUT2D eigenvalue weighted by Crippen LogP contribution is 2.27. The number of carbonyl (C=O) groups excluding carboxylic acids is 1. The number of hydrogen-bond acceptors (Lipinski definition) is 5. The van der Waals surface area contributed by atoms with Crippen LogP contribution < -0.4 is 11.1 Å². The molecule has 1 fully saturated rings. The topological polar surface area (TPSA) is 98.7 Å². The molecule has 0 spiro atoms. The van der Waals surface area contributed by atoms with Gasteiger partial charge in [0.25, 0.3) is 0 Å². The molecule has 1 saturated carbocycles. The molecule has 3 aromatic rings. The van der Waals surface area contributed by atoms with Crippen LogP contribution in [0.4, 0.5) is 5.95 Å². The van der Waals surface area contributed by atoms with Gasteiger partial charge in [0.2, 0.25) is 11.9 Å². The molecule has 3 N–H and O–H groups in total. The number of anilines is 1. The number of amides is 1. The first-order valence-corrected chi connectivity index (χ1v) is 9.20. The Morgan fingerprint density at radius 1 is 1.24 bits per heavy atom. The number of halogens is 1. The first kappa shape index (κ1) is 16.2. The number of aromatic nitrogens is 4. The van der Waals surface area contributed by atoms with Crippen LogP contribution in [0.3, 0.4) is 0 Å². The van der Waals surface area contributed by atoms with E-state index in [0.717, 1.165) is 36.1 Å². The second-order valence-corrected chi connectivity index (χ2v) is 7.49. The molecule has 2 aromatic heterocycles. The zero-order valence-electron chi connectivity index (χ0n) is 13.4. The summed E-state index contributed by atoms with van der Waals surface area (Å²) in [4.78, 5) is 24.7. The van der Waals surface area contributed by atoms with E-state index in [0.29, 0.717) is 5.95 Å². The molecule has 0 saturated heterocycles. The van der Waals surface area contributed by atoms with Gasteiger partial charge >= 0.3 is 0 Å². The minimum atomic E-state index is -0.225. The molecule has 4 rings (SSSR count). The van der Waals surface area contributed by atoms with Crippen molar-refractivity contribution in [2.45, 2.75) is 25.3 Å². The van der Waals surface area contributed by atoms with E-state index in [1.165, 1.54) is 3.57 Å². The van der Waals surface area contributed by atoms with Gasteiger partial charge in [-0.25, -0.2) is 9.97 Å². The summed E-state index contributed by atoms with van der Waals surface area (Å²) < 4.78 is 3.12. The van der Waals surface area contributed by atoms with E-state index in [4.69, 9.17) is 5.73 Å². The Kier molecular flexibility index (Phi) is 4.28. The Bertz CT molecular complexity index is 923. The molecule has 1 amide bonds. The molecular weight excluding hydrogens is 431 g/mol. The van der Waals surface area contributed by atoms with Crippen LogP contribution in [0, 0.1) is 9.49 Å². The van der Waals surface area contributed by atoms with Crippen molar-refractivity contribution >= 4 is 45.6 Å². The largest absolute Gasteiger partial charge is 0.369 e. The van der Waals surface area contributed by atoms with Crippen molar-refractivity contribution in [3.63, 3.8) is 0 Å². The van der Waals surface area contributed by atoms with Crippen LogP contribution in [-0.4, -0.2) is 31.5 Å². The zero-order chi connectivity index (χ0) is 17.4. The third kappa shape index (κ3) is 3.30. The number of nitrogens with zero attached hydrogens (tertiary/aromatic N) is 4. The highest BCUT2D eigenvalue weighted by Gasteiger charge is 2.28. The lowest BCUT2D eigenvalue weighted by molar-refractivity contribution is -0.121. The van der Waals surface area contributed by atoms with Gasteiger partial charge in [-0.3, -0.25) is 9.36 Å². The van der Waals surface area contributed by atoms with E-state index in [9.17, 15) is 4.79 Å². The third-order valence-corrected chi connectivity index (χ3v) is 5.28. The number of carbonyl (C=O) groups is 1. The quantitative estimate of drug-likeness (QED) is 0.598. The molecule has 7 nitrogen and oxygen atoms in total. The number of nitrogens with two attached hydrogens (primary N) is 1. The van der Waals surface area contributed by atoms with Crippen molar-refractivity contribution < 1.29 is 4.79 Å². The maximum absolute atomic E-state index is 11.3. The van der Waals surface area contributed by atoms with Crippen molar-refractivity contribution in [1.82, 2.24) is 19.5 Å². The van der Waals surface area contributed by atoms with Crippen molar-refractivity contribution in [1.29, 1.82) is 0 Å². The second kappa shape index (κ2) is 6.58. The highest BCUT2D eigenvalue weighted by atomic mass is 127. The normalized spacial score (nSPS) is 20.0. The van der Waals surface area contributed by atoms with E-state index in [1.54, 1.807) is 12.5 Å². The van der Waals surface area contributed by atoms with Gasteiger partial charge in [-0.2, -0.15) is 4.98 Å².